The maximum absolute atomic E-state index is 13.6. The van der Waals surface area contributed by atoms with E-state index < -0.39 is 11.6 Å². The van der Waals surface area contributed by atoms with E-state index in [1.54, 1.807) is 6.07 Å². The molecule has 0 saturated heterocycles. The minimum absolute atomic E-state index is 0.0902. The Balaban J connectivity index is 2.09. The largest absolute Gasteiger partial charge is 0.303 e. The van der Waals surface area contributed by atoms with Crippen LogP contribution in [0.25, 0.3) is 0 Å². The average Bonchev–Trinajstić information content (AvgIpc) is 2.48. The molecule has 1 aliphatic heterocycles. The molecule has 0 radical (unpaired) electrons. The van der Waals surface area contributed by atoms with Gasteiger partial charge in [-0.25, -0.2) is 8.78 Å². The summed E-state index contributed by atoms with van der Waals surface area (Å²) in [7, 11) is 0. The van der Waals surface area contributed by atoms with E-state index in [0.29, 0.717) is 12.0 Å². The molecule has 0 saturated carbocycles. The van der Waals surface area contributed by atoms with Gasteiger partial charge in [0, 0.05) is 6.04 Å². The Kier molecular flexibility index (Phi) is 4.00. The van der Waals surface area contributed by atoms with Crippen molar-refractivity contribution in [3.63, 3.8) is 0 Å². The molecule has 0 spiro atoms. The third-order valence-corrected chi connectivity index (χ3v) is 4.40. The van der Waals surface area contributed by atoms with E-state index in [2.05, 4.69) is 44.3 Å². The second-order valence-electron chi connectivity index (χ2n) is 6.49. The fraction of sp³-hybridized carbons (Fsp3) is 0.368. The van der Waals surface area contributed by atoms with Gasteiger partial charge < -0.3 is 5.32 Å². The van der Waals surface area contributed by atoms with Crippen LogP contribution in [-0.4, -0.2) is 6.04 Å². The van der Waals surface area contributed by atoms with Crippen LogP contribution in [0.4, 0.5) is 8.78 Å². The van der Waals surface area contributed by atoms with Crippen LogP contribution in [-0.2, 0) is 6.42 Å². The first kappa shape index (κ1) is 15.2. The van der Waals surface area contributed by atoms with Gasteiger partial charge in [-0.2, -0.15) is 0 Å². The molecule has 0 fully saturated rings. The Hall–Kier alpha value is -1.74. The zero-order valence-corrected chi connectivity index (χ0v) is 13.2. The molecule has 1 aliphatic rings. The van der Waals surface area contributed by atoms with E-state index in [9.17, 15) is 8.78 Å². The topological polar surface area (TPSA) is 12.0 Å². The summed E-state index contributed by atoms with van der Waals surface area (Å²) in [6, 6.07) is 10.9. The van der Waals surface area contributed by atoms with Crippen LogP contribution < -0.4 is 5.32 Å². The van der Waals surface area contributed by atoms with Crippen molar-refractivity contribution in [2.75, 3.05) is 0 Å². The molecule has 1 N–H and O–H groups in total. The van der Waals surface area contributed by atoms with Crippen molar-refractivity contribution in [2.45, 2.75) is 45.2 Å². The van der Waals surface area contributed by atoms with Gasteiger partial charge in [-0.3, -0.25) is 0 Å². The molecule has 3 heteroatoms. The van der Waals surface area contributed by atoms with Crippen LogP contribution in [0.5, 0.6) is 0 Å². The monoisotopic (exact) mass is 301 g/mol. The highest BCUT2D eigenvalue weighted by Crippen LogP contribution is 2.33. The van der Waals surface area contributed by atoms with Crippen LogP contribution in [0, 0.1) is 11.6 Å². The first-order valence-electron chi connectivity index (χ1n) is 7.79. The lowest BCUT2D eigenvalue weighted by Crippen LogP contribution is -2.38. The predicted molar refractivity (Wildman–Crippen MR) is 85.0 cm³/mol. The maximum Gasteiger partial charge on any atom is 0.159 e. The van der Waals surface area contributed by atoms with Gasteiger partial charge in [0.1, 0.15) is 0 Å². The third kappa shape index (κ3) is 2.78. The SMILES string of the molecule is CC1Cc2ccc(C(C)C)cc2C(c2ccc(F)c(F)c2)N1. The van der Waals surface area contributed by atoms with Crippen molar-refractivity contribution in [1.29, 1.82) is 0 Å². The molecule has 0 bridgehead atoms. The van der Waals surface area contributed by atoms with E-state index in [0.717, 1.165) is 12.0 Å². The molecule has 0 aromatic heterocycles. The van der Waals surface area contributed by atoms with Crippen molar-refractivity contribution >= 4 is 0 Å². The molecule has 1 heterocycles. The average molecular weight is 301 g/mol. The smallest absolute Gasteiger partial charge is 0.159 e. The summed E-state index contributed by atoms with van der Waals surface area (Å²) in [5, 5.41) is 3.51. The van der Waals surface area contributed by atoms with Gasteiger partial charge in [-0.1, -0.05) is 38.1 Å². The summed E-state index contributed by atoms with van der Waals surface area (Å²) >= 11 is 0. The molecule has 2 aromatic carbocycles. The summed E-state index contributed by atoms with van der Waals surface area (Å²) < 4.78 is 26.8. The van der Waals surface area contributed by atoms with Gasteiger partial charge in [-0.15, -0.1) is 0 Å². The molecule has 2 unspecified atom stereocenters. The molecule has 0 amide bonds. The second-order valence-corrected chi connectivity index (χ2v) is 6.49. The molecule has 116 valence electrons. The van der Waals surface area contributed by atoms with E-state index in [-0.39, 0.29) is 6.04 Å². The van der Waals surface area contributed by atoms with Crippen molar-refractivity contribution < 1.29 is 8.78 Å². The lowest BCUT2D eigenvalue weighted by molar-refractivity contribution is 0.457. The Bertz CT molecular complexity index is 694. The van der Waals surface area contributed by atoms with Gasteiger partial charge in [0.15, 0.2) is 11.6 Å². The number of hydrogen-bond acceptors (Lipinski definition) is 1. The fourth-order valence-electron chi connectivity index (χ4n) is 3.16. The summed E-state index contributed by atoms with van der Waals surface area (Å²) in [4.78, 5) is 0. The fourth-order valence-corrected chi connectivity index (χ4v) is 3.16. The normalized spacial score (nSPS) is 21.0. The van der Waals surface area contributed by atoms with E-state index >= 15 is 0 Å². The molecule has 22 heavy (non-hydrogen) atoms. The van der Waals surface area contributed by atoms with Crippen molar-refractivity contribution in [3.8, 4) is 0 Å². The summed E-state index contributed by atoms with van der Waals surface area (Å²) in [5.74, 6) is -1.15. The highest BCUT2D eigenvalue weighted by Gasteiger charge is 2.26. The van der Waals surface area contributed by atoms with Crippen molar-refractivity contribution in [2.24, 2.45) is 0 Å². The van der Waals surface area contributed by atoms with Gasteiger partial charge in [0.25, 0.3) is 0 Å². The van der Waals surface area contributed by atoms with Crippen molar-refractivity contribution in [3.05, 3.63) is 70.3 Å². The Morgan fingerprint density at radius 3 is 2.50 bits per heavy atom. The van der Waals surface area contributed by atoms with Gasteiger partial charge in [0.05, 0.1) is 6.04 Å². The molecule has 3 rings (SSSR count). The zero-order chi connectivity index (χ0) is 15.9. The number of rotatable bonds is 2. The summed E-state index contributed by atoms with van der Waals surface area (Å²) in [6.45, 7) is 6.44. The maximum atomic E-state index is 13.6. The van der Waals surface area contributed by atoms with Crippen LogP contribution in [0.1, 0.15) is 55.0 Å². The second kappa shape index (κ2) is 5.81. The number of benzene rings is 2. The lowest BCUT2D eigenvalue weighted by atomic mass is 9.84. The van der Waals surface area contributed by atoms with Crippen molar-refractivity contribution in [1.82, 2.24) is 5.32 Å². The highest BCUT2D eigenvalue weighted by atomic mass is 19.2. The van der Waals surface area contributed by atoms with Crippen LogP contribution in [0.2, 0.25) is 0 Å². The number of halogens is 2. The molecule has 2 aromatic rings. The van der Waals surface area contributed by atoms with E-state index in [1.165, 1.54) is 28.8 Å². The quantitative estimate of drug-likeness (QED) is 0.847. The molecular weight excluding hydrogens is 280 g/mol. The molecule has 2 atom stereocenters. The molecular formula is C19H21F2N. The minimum atomic E-state index is -0.802. The van der Waals surface area contributed by atoms with Crippen LogP contribution in [0.15, 0.2) is 36.4 Å². The first-order chi connectivity index (χ1) is 10.5. The third-order valence-electron chi connectivity index (χ3n) is 4.40. The number of nitrogens with one attached hydrogen (secondary N) is 1. The highest BCUT2D eigenvalue weighted by molar-refractivity contribution is 5.43. The predicted octanol–water partition coefficient (Wildman–Crippen LogP) is 4.71. The summed E-state index contributed by atoms with van der Waals surface area (Å²) in [6.07, 6.45) is 0.952. The zero-order valence-electron chi connectivity index (χ0n) is 13.2. The number of hydrogen-bond donors (Lipinski definition) is 1. The Morgan fingerprint density at radius 2 is 1.82 bits per heavy atom. The number of fused-ring (bicyclic) bond motifs is 1. The standard InChI is InChI=1S/C19H21F2N/c1-11(2)13-4-5-14-8-12(3)22-19(16(14)9-13)15-6-7-17(20)18(21)10-15/h4-7,9-12,19,22H,8H2,1-3H3. The van der Waals surface area contributed by atoms with Gasteiger partial charge in [0.2, 0.25) is 0 Å². The summed E-state index contributed by atoms with van der Waals surface area (Å²) in [5.41, 5.74) is 4.50. The Labute approximate surface area is 130 Å². The van der Waals surface area contributed by atoms with Gasteiger partial charge >= 0.3 is 0 Å². The van der Waals surface area contributed by atoms with E-state index in [4.69, 9.17) is 0 Å². The minimum Gasteiger partial charge on any atom is -0.303 e. The molecule has 1 nitrogen and oxygen atoms in total. The first-order valence-corrected chi connectivity index (χ1v) is 7.79. The van der Waals surface area contributed by atoms with Crippen LogP contribution >= 0.6 is 0 Å². The van der Waals surface area contributed by atoms with Gasteiger partial charge in [-0.05, 0) is 53.6 Å². The molecule has 0 aliphatic carbocycles. The lowest BCUT2D eigenvalue weighted by Gasteiger charge is -2.32. The van der Waals surface area contributed by atoms with Crippen LogP contribution in [0.3, 0.4) is 0 Å². The Morgan fingerprint density at radius 1 is 1.05 bits per heavy atom. The van der Waals surface area contributed by atoms with E-state index in [1.807, 2.05) is 0 Å².